The van der Waals surface area contributed by atoms with Gasteiger partial charge in [-0.2, -0.15) is 0 Å². The molecule has 1 aliphatic carbocycles. The quantitative estimate of drug-likeness (QED) is 0.435. The van der Waals surface area contributed by atoms with E-state index in [9.17, 15) is 4.79 Å². The van der Waals surface area contributed by atoms with Crippen molar-refractivity contribution < 1.29 is 9.53 Å². The normalized spacial score (nSPS) is 28.0. The van der Waals surface area contributed by atoms with Crippen LogP contribution in [0.1, 0.15) is 18.4 Å². The highest BCUT2D eigenvalue weighted by Crippen LogP contribution is 2.55. The van der Waals surface area contributed by atoms with Crippen LogP contribution >= 0.6 is 15.9 Å². The Morgan fingerprint density at radius 3 is 3.04 bits per heavy atom. The average Bonchev–Trinajstić information content (AvgIpc) is 3.10. The highest BCUT2D eigenvalue weighted by Gasteiger charge is 2.59. The molecule has 5 nitrogen and oxygen atoms in total. The monoisotopic (exact) mass is 377 g/mol. The van der Waals surface area contributed by atoms with Gasteiger partial charge in [0.05, 0.1) is 19.3 Å². The molecule has 1 amide bonds. The number of nitrogens with zero attached hydrogens (tertiary/aromatic N) is 1. The number of piperidine rings is 1. The predicted molar refractivity (Wildman–Crippen MR) is 93.0 cm³/mol. The zero-order valence-electron chi connectivity index (χ0n) is 12.8. The third kappa shape index (κ3) is 3.39. The van der Waals surface area contributed by atoms with Gasteiger partial charge in [0.25, 0.3) is 0 Å². The van der Waals surface area contributed by atoms with Gasteiger partial charge in [-0.3, -0.25) is 4.79 Å². The largest absolute Gasteiger partial charge is 0.373 e. The van der Waals surface area contributed by atoms with E-state index in [1.165, 1.54) is 0 Å². The SMILES string of the molecule is C=CCOCc1ccc(Br)nc1NC(=O)[C@@H]1C[C@@]2(C=C)C[C@H]2N1. The molecular formula is C17H20BrN3O2. The Hall–Kier alpha value is -1.50. The van der Waals surface area contributed by atoms with Crippen LogP contribution in [0.3, 0.4) is 0 Å². The molecule has 122 valence electrons. The summed E-state index contributed by atoms with van der Waals surface area (Å²) in [6.07, 6.45) is 5.54. The van der Waals surface area contributed by atoms with Crippen molar-refractivity contribution in [1.29, 1.82) is 0 Å². The first-order valence-corrected chi connectivity index (χ1v) is 8.42. The van der Waals surface area contributed by atoms with Crippen LogP contribution in [0.5, 0.6) is 0 Å². The molecule has 23 heavy (non-hydrogen) atoms. The summed E-state index contributed by atoms with van der Waals surface area (Å²) in [7, 11) is 0. The molecule has 0 unspecified atom stereocenters. The number of rotatable bonds is 7. The highest BCUT2D eigenvalue weighted by molar-refractivity contribution is 9.10. The minimum atomic E-state index is -0.200. The van der Waals surface area contributed by atoms with Gasteiger partial charge in [0.2, 0.25) is 5.91 Å². The summed E-state index contributed by atoms with van der Waals surface area (Å²) in [6.45, 7) is 8.34. The number of pyridine rings is 1. The molecule has 3 atom stereocenters. The van der Waals surface area contributed by atoms with Crippen LogP contribution in [0.2, 0.25) is 0 Å². The van der Waals surface area contributed by atoms with Crippen molar-refractivity contribution in [3.05, 3.63) is 47.6 Å². The molecule has 1 saturated carbocycles. The number of carbonyl (C=O) groups excluding carboxylic acids is 1. The summed E-state index contributed by atoms with van der Waals surface area (Å²) in [5, 5.41) is 6.28. The Kier molecular flexibility index (Phi) is 4.66. The molecule has 2 fully saturated rings. The number of ether oxygens (including phenoxy) is 1. The fraction of sp³-hybridized carbons (Fsp3) is 0.412. The number of anilines is 1. The van der Waals surface area contributed by atoms with Crippen molar-refractivity contribution in [1.82, 2.24) is 10.3 Å². The topological polar surface area (TPSA) is 63.2 Å². The van der Waals surface area contributed by atoms with E-state index in [1.54, 1.807) is 6.08 Å². The minimum absolute atomic E-state index is 0.0611. The maximum absolute atomic E-state index is 12.5. The Morgan fingerprint density at radius 1 is 1.52 bits per heavy atom. The van der Waals surface area contributed by atoms with Crippen molar-refractivity contribution >= 4 is 27.7 Å². The van der Waals surface area contributed by atoms with Crippen molar-refractivity contribution in [3.63, 3.8) is 0 Å². The Labute approximate surface area is 144 Å². The summed E-state index contributed by atoms with van der Waals surface area (Å²) in [4.78, 5) is 16.9. The molecule has 2 N–H and O–H groups in total. The third-order valence-corrected chi connectivity index (χ3v) is 4.95. The molecular weight excluding hydrogens is 358 g/mol. The molecule has 6 heteroatoms. The van der Waals surface area contributed by atoms with Crippen LogP contribution < -0.4 is 10.6 Å². The van der Waals surface area contributed by atoms with Gasteiger partial charge < -0.3 is 15.4 Å². The number of amides is 1. The Bertz CT molecular complexity index is 649. The zero-order chi connectivity index (χ0) is 16.4. The summed E-state index contributed by atoms with van der Waals surface area (Å²) in [5.74, 6) is 0.470. The van der Waals surface area contributed by atoms with Crippen LogP contribution in [0.15, 0.2) is 42.0 Å². The van der Waals surface area contributed by atoms with E-state index < -0.39 is 0 Å². The van der Waals surface area contributed by atoms with Gasteiger partial charge in [0.15, 0.2) is 0 Å². The van der Waals surface area contributed by atoms with E-state index in [2.05, 4.69) is 44.7 Å². The van der Waals surface area contributed by atoms with Crippen LogP contribution in [-0.4, -0.2) is 29.6 Å². The number of halogens is 1. The lowest BCUT2D eigenvalue weighted by Crippen LogP contribution is -2.38. The first-order chi connectivity index (χ1) is 11.1. The van der Waals surface area contributed by atoms with E-state index in [1.807, 2.05) is 18.2 Å². The summed E-state index contributed by atoms with van der Waals surface area (Å²) in [5.41, 5.74) is 0.952. The average molecular weight is 378 g/mol. The number of hydrogen-bond acceptors (Lipinski definition) is 4. The van der Waals surface area contributed by atoms with Crippen molar-refractivity contribution in [2.24, 2.45) is 5.41 Å². The Balaban J connectivity index is 1.67. The van der Waals surface area contributed by atoms with E-state index in [0.29, 0.717) is 29.7 Å². The standard InChI is InChI=1S/C17H20BrN3O2/c1-3-7-23-10-11-5-6-14(18)20-15(11)21-16(22)12-8-17(4-2)9-13(17)19-12/h3-6,12-13,19H,1-2,7-10H2,(H,20,21,22)/t12-,13+,17-/m0/s1. The number of aromatic nitrogens is 1. The molecule has 0 aromatic carbocycles. The second kappa shape index (κ2) is 6.55. The first kappa shape index (κ1) is 16.4. The molecule has 0 spiro atoms. The van der Waals surface area contributed by atoms with Crippen LogP contribution in [-0.2, 0) is 16.1 Å². The number of hydrogen-bond donors (Lipinski definition) is 2. The fourth-order valence-corrected chi connectivity index (χ4v) is 3.39. The summed E-state index contributed by atoms with van der Waals surface area (Å²) < 4.78 is 6.13. The van der Waals surface area contributed by atoms with Gasteiger partial charge >= 0.3 is 0 Å². The van der Waals surface area contributed by atoms with E-state index in [-0.39, 0.29) is 17.4 Å². The first-order valence-electron chi connectivity index (χ1n) is 7.62. The smallest absolute Gasteiger partial charge is 0.242 e. The number of fused-ring (bicyclic) bond motifs is 1. The molecule has 1 aliphatic heterocycles. The maximum atomic E-state index is 12.5. The summed E-state index contributed by atoms with van der Waals surface area (Å²) in [6, 6.07) is 3.91. The van der Waals surface area contributed by atoms with Gasteiger partial charge in [0.1, 0.15) is 10.4 Å². The lowest BCUT2D eigenvalue weighted by atomic mass is 10.00. The van der Waals surface area contributed by atoms with Gasteiger partial charge in [0, 0.05) is 17.0 Å². The van der Waals surface area contributed by atoms with Crippen molar-refractivity contribution in [2.45, 2.75) is 31.5 Å². The highest BCUT2D eigenvalue weighted by atomic mass is 79.9. The molecule has 0 bridgehead atoms. The van der Waals surface area contributed by atoms with E-state index in [0.717, 1.165) is 18.4 Å². The summed E-state index contributed by atoms with van der Waals surface area (Å²) >= 11 is 3.34. The predicted octanol–water partition coefficient (Wildman–Crippen LogP) is 2.79. The third-order valence-electron chi connectivity index (χ3n) is 4.51. The second-order valence-electron chi connectivity index (χ2n) is 6.05. The Morgan fingerprint density at radius 2 is 2.35 bits per heavy atom. The van der Waals surface area contributed by atoms with Gasteiger partial charge in [-0.15, -0.1) is 13.2 Å². The molecule has 3 rings (SSSR count). The lowest BCUT2D eigenvalue weighted by molar-refractivity contribution is -0.118. The van der Waals surface area contributed by atoms with Gasteiger partial charge in [-0.1, -0.05) is 18.2 Å². The van der Waals surface area contributed by atoms with Crippen LogP contribution in [0.4, 0.5) is 5.82 Å². The molecule has 1 aromatic rings. The van der Waals surface area contributed by atoms with E-state index in [4.69, 9.17) is 4.74 Å². The maximum Gasteiger partial charge on any atom is 0.242 e. The van der Waals surface area contributed by atoms with E-state index >= 15 is 0 Å². The van der Waals surface area contributed by atoms with Crippen molar-refractivity contribution in [3.8, 4) is 0 Å². The zero-order valence-corrected chi connectivity index (χ0v) is 14.4. The molecule has 0 radical (unpaired) electrons. The molecule has 1 saturated heterocycles. The number of nitrogens with one attached hydrogen (secondary N) is 2. The molecule has 2 heterocycles. The van der Waals surface area contributed by atoms with Crippen LogP contribution in [0.25, 0.3) is 0 Å². The van der Waals surface area contributed by atoms with Crippen LogP contribution in [0, 0.1) is 5.41 Å². The fourth-order valence-electron chi connectivity index (χ4n) is 3.08. The lowest BCUT2D eigenvalue weighted by Gasteiger charge is -2.16. The minimum Gasteiger partial charge on any atom is -0.373 e. The van der Waals surface area contributed by atoms with Gasteiger partial charge in [-0.05, 0) is 34.8 Å². The molecule has 2 aliphatic rings. The van der Waals surface area contributed by atoms with Crippen molar-refractivity contribution in [2.75, 3.05) is 11.9 Å². The van der Waals surface area contributed by atoms with Gasteiger partial charge in [-0.25, -0.2) is 4.98 Å². The molecule has 1 aromatic heterocycles. The number of carbonyl (C=O) groups is 1. The second-order valence-corrected chi connectivity index (χ2v) is 6.86.